The zero-order chi connectivity index (χ0) is 21.1. The van der Waals surface area contributed by atoms with Gasteiger partial charge >= 0.3 is 0 Å². The van der Waals surface area contributed by atoms with E-state index in [1.807, 2.05) is 38.1 Å². The molecule has 2 fully saturated rings. The van der Waals surface area contributed by atoms with Crippen LogP contribution in [-0.2, 0) is 16.1 Å². The molecule has 30 heavy (non-hydrogen) atoms. The molecule has 1 atom stereocenters. The van der Waals surface area contributed by atoms with Crippen LogP contribution in [0.3, 0.4) is 0 Å². The normalized spacial score (nSPS) is 19.3. The minimum atomic E-state index is -0.345. The molecule has 7 heteroatoms. The Labute approximate surface area is 177 Å². The number of aromatic nitrogens is 2. The molecule has 1 unspecified atom stereocenters. The fourth-order valence-corrected chi connectivity index (χ4v) is 4.08. The predicted octanol–water partition coefficient (Wildman–Crippen LogP) is 2.75. The van der Waals surface area contributed by atoms with Crippen molar-refractivity contribution in [1.29, 1.82) is 0 Å². The van der Waals surface area contributed by atoms with Crippen LogP contribution in [0.4, 0.5) is 11.6 Å². The number of anilines is 2. The van der Waals surface area contributed by atoms with Crippen LogP contribution in [0.15, 0.2) is 30.5 Å². The van der Waals surface area contributed by atoms with Gasteiger partial charge in [0.1, 0.15) is 0 Å². The molecule has 2 saturated heterocycles. The highest BCUT2D eigenvalue weighted by atomic mass is 16.2. The summed E-state index contributed by atoms with van der Waals surface area (Å²) in [7, 11) is 0. The molecule has 0 bridgehead atoms. The summed E-state index contributed by atoms with van der Waals surface area (Å²) in [6, 6.07) is 7.80. The van der Waals surface area contributed by atoms with E-state index in [0.29, 0.717) is 13.1 Å². The SMILES string of the molecule is Cc1ccc(N2CC(C(=O)NCc3ccnc(N4CCCCC4)n3)CC2=O)cc1C. The Kier molecular flexibility index (Phi) is 5.97. The maximum atomic E-state index is 12.7. The van der Waals surface area contributed by atoms with Crippen molar-refractivity contribution >= 4 is 23.5 Å². The first-order valence-corrected chi connectivity index (χ1v) is 10.7. The lowest BCUT2D eigenvalue weighted by Gasteiger charge is -2.26. The number of rotatable bonds is 5. The Morgan fingerprint density at radius 3 is 2.70 bits per heavy atom. The van der Waals surface area contributed by atoms with Crippen molar-refractivity contribution in [3.8, 4) is 0 Å². The molecule has 3 heterocycles. The Hall–Kier alpha value is -2.96. The van der Waals surface area contributed by atoms with Crippen molar-refractivity contribution in [2.24, 2.45) is 5.92 Å². The van der Waals surface area contributed by atoms with Gasteiger partial charge in [0.05, 0.1) is 18.2 Å². The predicted molar refractivity (Wildman–Crippen MR) is 116 cm³/mol. The van der Waals surface area contributed by atoms with E-state index in [-0.39, 0.29) is 24.2 Å². The second-order valence-corrected chi connectivity index (χ2v) is 8.29. The van der Waals surface area contributed by atoms with Crippen molar-refractivity contribution in [3.63, 3.8) is 0 Å². The van der Waals surface area contributed by atoms with Gasteiger partial charge in [0.15, 0.2) is 0 Å². The third-order valence-electron chi connectivity index (χ3n) is 6.08. The highest BCUT2D eigenvalue weighted by Crippen LogP contribution is 2.27. The number of piperidine rings is 1. The van der Waals surface area contributed by atoms with Crippen molar-refractivity contribution in [2.75, 3.05) is 29.4 Å². The molecule has 2 aliphatic rings. The second-order valence-electron chi connectivity index (χ2n) is 8.29. The van der Waals surface area contributed by atoms with Gasteiger partial charge in [-0.25, -0.2) is 9.97 Å². The molecule has 0 saturated carbocycles. The van der Waals surface area contributed by atoms with E-state index in [0.717, 1.165) is 48.8 Å². The number of aryl methyl sites for hydroxylation is 2. The van der Waals surface area contributed by atoms with Gasteiger partial charge in [-0.15, -0.1) is 0 Å². The largest absolute Gasteiger partial charge is 0.350 e. The molecule has 2 aromatic rings. The smallest absolute Gasteiger partial charge is 0.227 e. The molecule has 1 aromatic carbocycles. The Balaban J connectivity index is 1.35. The van der Waals surface area contributed by atoms with E-state index in [1.165, 1.54) is 12.0 Å². The molecule has 1 N–H and O–H groups in total. The van der Waals surface area contributed by atoms with E-state index < -0.39 is 0 Å². The summed E-state index contributed by atoms with van der Waals surface area (Å²) in [5, 5.41) is 2.96. The van der Waals surface area contributed by atoms with Crippen molar-refractivity contribution in [3.05, 3.63) is 47.3 Å². The summed E-state index contributed by atoms with van der Waals surface area (Å²) in [5.74, 6) is 0.279. The summed E-state index contributed by atoms with van der Waals surface area (Å²) in [5.41, 5.74) is 3.98. The van der Waals surface area contributed by atoms with Gasteiger partial charge < -0.3 is 15.1 Å². The van der Waals surface area contributed by atoms with Crippen molar-refractivity contribution < 1.29 is 9.59 Å². The second kappa shape index (κ2) is 8.81. The maximum absolute atomic E-state index is 12.7. The summed E-state index contributed by atoms with van der Waals surface area (Å²) >= 11 is 0. The van der Waals surface area contributed by atoms with E-state index in [2.05, 4.69) is 20.2 Å². The summed E-state index contributed by atoms with van der Waals surface area (Å²) in [4.78, 5) is 38.1. The average Bonchev–Trinajstić information content (AvgIpc) is 3.16. The standard InChI is InChI=1S/C23H29N5O2/c1-16-6-7-20(12-17(16)2)28-15-18(13-21(28)29)22(30)25-14-19-8-9-24-23(26-19)27-10-4-3-5-11-27/h6-9,12,18H,3-5,10-11,13-15H2,1-2H3,(H,25,30). The Morgan fingerprint density at radius 1 is 1.13 bits per heavy atom. The quantitative estimate of drug-likeness (QED) is 0.825. The van der Waals surface area contributed by atoms with Crippen LogP contribution in [0.1, 0.15) is 42.5 Å². The molecule has 0 radical (unpaired) electrons. The van der Waals surface area contributed by atoms with Gasteiger partial charge in [0.25, 0.3) is 0 Å². The first-order chi connectivity index (χ1) is 14.5. The van der Waals surface area contributed by atoms with Gasteiger partial charge in [0, 0.05) is 37.9 Å². The maximum Gasteiger partial charge on any atom is 0.227 e. The van der Waals surface area contributed by atoms with Gasteiger partial charge in [0.2, 0.25) is 17.8 Å². The number of hydrogen-bond acceptors (Lipinski definition) is 5. The third kappa shape index (κ3) is 4.45. The van der Waals surface area contributed by atoms with E-state index in [9.17, 15) is 9.59 Å². The van der Waals surface area contributed by atoms with Gasteiger partial charge in [-0.2, -0.15) is 0 Å². The number of nitrogens with zero attached hydrogens (tertiary/aromatic N) is 4. The third-order valence-corrected chi connectivity index (χ3v) is 6.08. The molecule has 7 nitrogen and oxygen atoms in total. The van der Waals surface area contributed by atoms with Crippen molar-refractivity contribution in [1.82, 2.24) is 15.3 Å². The van der Waals surface area contributed by atoms with Crippen molar-refractivity contribution in [2.45, 2.75) is 46.1 Å². The van der Waals surface area contributed by atoms with E-state index in [4.69, 9.17) is 0 Å². The highest BCUT2D eigenvalue weighted by molar-refractivity contribution is 6.00. The van der Waals surface area contributed by atoms with Crippen LogP contribution in [-0.4, -0.2) is 41.4 Å². The summed E-state index contributed by atoms with van der Waals surface area (Å²) < 4.78 is 0. The van der Waals surface area contributed by atoms with Crippen LogP contribution in [0.25, 0.3) is 0 Å². The average molecular weight is 408 g/mol. The number of carbonyl (C=O) groups excluding carboxylic acids is 2. The molecular weight excluding hydrogens is 378 g/mol. The zero-order valence-corrected chi connectivity index (χ0v) is 17.7. The number of nitrogens with one attached hydrogen (secondary N) is 1. The van der Waals surface area contributed by atoms with Crippen LogP contribution in [0.2, 0.25) is 0 Å². The fourth-order valence-electron chi connectivity index (χ4n) is 4.08. The number of hydrogen-bond donors (Lipinski definition) is 1. The summed E-state index contributed by atoms with van der Waals surface area (Å²) in [6.45, 7) is 6.80. The molecular formula is C23H29N5O2. The molecule has 0 aliphatic carbocycles. The lowest BCUT2D eigenvalue weighted by atomic mass is 10.1. The highest BCUT2D eigenvalue weighted by Gasteiger charge is 2.35. The fraction of sp³-hybridized carbons (Fsp3) is 0.478. The van der Waals surface area contributed by atoms with Gasteiger partial charge in [-0.1, -0.05) is 6.07 Å². The van der Waals surface area contributed by atoms with E-state index >= 15 is 0 Å². The van der Waals surface area contributed by atoms with Crippen LogP contribution in [0.5, 0.6) is 0 Å². The minimum absolute atomic E-state index is 0.00664. The Morgan fingerprint density at radius 2 is 1.93 bits per heavy atom. The number of carbonyl (C=O) groups is 2. The lowest BCUT2D eigenvalue weighted by Crippen LogP contribution is -2.33. The topological polar surface area (TPSA) is 78.4 Å². The zero-order valence-electron chi connectivity index (χ0n) is 17.7. The van der Waals surface area contributed by atoms with Crippen LogP contribution >= 0.6 is 0 Å². The van der Waals surface area contributed by atoms with Crippen LogP contribution < -0.4 is 15.1 Å². The monoisotopic (exact) mass is 407 g/mol. The minimum Gasteiger partial charge on any atom is -0.350 e. The Bertz CT molecular complexity index is 939. The van der Waals surface area contributed by atoms with Gasteiger partial charge in [-0.05, 0) is 62.4 Å². The lowest BCUT2D eigenvalue weighted by molar-refractivity contribution is -0.126. The summed E-state index contributed by atoms with van der Waals surface area (Å²) in [6.07, 6.45) is 5.57. The molecule has 1 aromatic heterocycles. The van der Waals surface area contributed by atoms with Crippen LogP contribution in [0, 0.1) is 19.8 Å². The molecule has 2 aliphatic heterocycles. The number of amides is 2. The van der Waals surface area contributed by atoms with E-state index in [1.54, 1.807) is 11.1 Å². The first kappa shape index (κ1) is 20.3. The number of benzene rings is 1. The molecule has 2 amide bonds. The van der Waals surface area contributed by atoms with Gasteiger partial charge in [-0.3, -0.25) is 9.59 Å². The first-order valence-electron chi connectivity index (χ1n) is 10.7. The molecule has 4 rings (SSSR count). The molecule has 0 spiro atoms. The molecule has 158 valence electrons.